The molecular formula is C9H12O2S. The molecule has 0 radical (unpaired) electrons. The number of rotatable bonds is 4. The molecule has 3 heteroatoms. The second kappa shape index (κ2) is 4.36. The van der Waals surface area contributed by atoms with E-state index in [1.807, 2.05) is 19.2 Å². The van der Waals surface area contributed by atoms with Crippen LogP contribution in [0.5, 0.6) is 0 Å². The Hall–Kier alpha value is -0.700. The Morgan fingerprint density at radius 1 is 1.58 bits per heavy atom. The standard InChI is InChI=1S/C9H12O2S/c1-7-3-4-9(11-7)8(10)5-6-12-2/h3-4H,5-6H2,1-2H3. The van der Waals surface area contributed by atoms with E-state index in [1.165, 1.54) is 0 Å². The summed E-state index contributed by atoms with van der Waals surface area (Å²) < 4.78 is 5.18. The molecule has 1 aromatic heterocycles. The summed E-state index contributed by atoms with van der Waals surface area (Å²) in [6.45, 7) is 1.84. The smallest absolute Gasteiger partial charge is 0.198 e. The van der Waals surface area contributed by atoms with Crippen LogP contribution in [0, 0.1) is 6.92 Å². The number of carbonyl (C=O) groups is 1. The Kier molecular flexibility index (Phi) is 3.41. The zero-order valence-corrected chi connectivity index (χ0v) is 8.11. The van der Waals surface area contributed by atoms with Crippen LogP contribution in [-0.4, -0.2) is 17.8 Å². The van der Waals surface area contributed by atoms with Crippen molar-refractivity contribution in [2.75, 3.05) is 12.0 Å². The number of aryl methyl sites for hydroxylation is 1. The number of ketones is 1. The summed E-state index contributed by atoms with van der Waals surface area (Å²) in [5.74, 6) is 2.24. The lowest BCUT2D eigenvalue weighted by Gasteiger charge is -1.93. The van der Waals surface area contributed by atoms with Gasteiger partial charge in [0.05, 0.1) is 0 Å². The van der Waals surface area contributed by atoms with Crippen molar-refractivity contribution < 1.29 is 9.21 Å². The molecule has 12 heavy (non-hydrogen) atoms. The van der Waals surface area contributed by atoms with Crippen LogP contribution in [0.1, 0.15) is 22.7 Å². The molecule has 1 rings (SSSR count). The van der Waals surface area contributed by atoms with Crippen molar-refractivity contribution in [1.82, 2.24) is 0 Å². The number of Topliss-reactive ketones (excluding diaryl/α,β-unsaturated/α-hetero) is 1. The van der Waals surface area contributed by atoms with E-state index >= 15 is 0 Å². The van der Waals surface area contributed by atoms with E-state index in [0.29, 0.717) is 12.2 Å². The zero-order chi connectivity index (χ0) is 8.97. The number of furan rings is 1. The van der Waals surface area contributed by atoms with Crippen LogP contribution >= 0.6 is 11.8 Å². The van der Waals surface area contributed by atoms with Crippen LogP contribution in [0.15, 0.2) is 16.5 Å². The van der Waals surface area contributed by atoms with Crippen molar-refractivity contribution >= 4 is 17.5 Å². The third-order valence-corrected chi connectivity index (χ3v) is 2.16. The Balaban J connectivity index is 2.53. The van der Waals surface area contributed by atoms with Crippen LogP contribution in [0.2, 0.25) is 0 Å². The normalized spacial score (nSPS) is 10.2. The van der Waals surface area contributed by atoms with Crippen molar-refractivity contribution in [3.63, 3.8) is 0 Å². The van der Waals surface area contributed by atoms with Gasteiger partial charge in [0.15, 0.2) is 11.5 Å². The first-order valence-electron chi connectivity index (χ1n) is 3.82. The second-order valence-corrected chi connectivity index (χ2v) is 3.56. The van der Waals surface area contributed by atoms with Crippen LogP contribution in [-0.2, 0) is 0 Å². The third-order valence-electron chi connectivity index (χ3n) is 1.55. The van der Waals surface area contributed by atoms with Gasteiger partial charge in [-0.2, -0.15) is 11.8 Å². The summed E-state index contributed by atoms with van der Waals surface area (Å²) in [6, 6.07) is 3.55. The molecule has 0 bridgehead atoms. The fraction of sp³-hybridized carbons (Fsp3) is 0.444. The minimum absolute atomic E-state index is 0.0949. The summed E-state index contributed by atoms with van der Waals surface area (Å²) >= 11 is 1.67. The van der Waals surface area contributed by atoms with Gasteiger partial charge in [-0.1, -0.05) is 0 Å². The molecule has 0 unspecified atom stereocenters. The zero-order valence-electron chi connectivity index (χ0n) is 7.29. The van der Waals surface area contributed by atoms with Gasteiger partial charge in [0, 0.05) is 12.2 Å². The van der Waals surface area contributed by atoms with Crippen LogP contribution < -0.4 is 0 Å². The van der Waals surface area contributed by atoms with E-state index < -0.39 is 0 Å². The Bertz CT molecular complexity index is 265. The molecule has 0 aliphatic rings. The van der Waals surface area contributed by atoms with Gasteiger partial charge in [-0.25, -0.2) is 0 Å². The van der Waals surface area contributed by atoms with Crippen molar-refractivity contribution in [1.29, 1.82) is 0 Å². The fourth-order valence-electron chi connectivity index (χ4n) is 0.902. The van der Waals surface area contributed by atoms with E-state index in [-0.39, 0.29) is 5.78 Å². The van der Waals surface area contributed by atoms with E-state index in [4.69, 9.17) is 4.42 Å². The molecule has 0 N–H and O–H groups in total. The molecule has 0 aliphatic carbocycles. The highest BCUT2D eigenvalue weighted by Gasteiger charge is 2.08. The predicted molar refractivity (Wildman–Crippen MR) is 50.8 cm³/mol. The Labute approximate surface area is 76.3 Å². The highest BCUT2D eigenvalue weighted by Crippen LogP contribution is 2.10. The van der Waals surface area contributed by atoms with Crippen LogP contribution in [0.25, 0.3) is 0 Å². The number of thioether (sulfide) groups is 1. The largest absolute Gasteiger partial charge is 0.458 e. The predicted octanol–water partition coefficient (Wildman–Crippen LogP) is 2.52. The molecular weight excluding hydrogens is 172 g/mol. The minimum Gasteiger partial charge on any atom is -0.458 e. The molecule has 0 atom stereocenters. The lowest BCUT2D eigenvalue weighted by atomic mass is 10.2. The highest BCUT2D eigenvalue weighted by molar-refractivity contribution is 7.98. The molecule has 1 aromatic rings. The van der Waals surface area contributed by atoms with E-state index in [1.54, 1.807) is 17.8 Å². The monoisotopic (exact) mass is 184 g/mol. The van der Waals surface area contributed by atoms with Crippen molar-refractivity contribution in [2.24, 2.45) is 0 Å². The van der Waals surface area contributed by atoms with Gasteiger partial charge in [0.25, 0.3) is 0 Å². The minimum atomic E-state index is 0.0949. The lowest BCUT2D eigenvalue weighted by molar-refractivity contribution is 0.0961. The molecule has 0 saturated carbocycles. The molecule has 0 amide bonds. The van der Waals surface area contributed by atoms with Crippen LogP contribution in [0.4, 0.5) is 0 Å². The van der Waals surface area contributed by atoms with Crippen molar-refractivity contribution in [2.45, 2.75) is 13.3 Å². The Morgan fingerprint density at radius 2 is 2.33 bits per heavy atom. The maximum absolute atomic E-state index is 11.3. The fourth-order valence-corrected chi connectivity index (χ4v) is 1.29. The molecule has 0 spiro atoms. The summed E-state index contributed by atoms with van der Waals surface area (Å²) in [5, 5.41) is 0. The van der Waals surface area contributed by atoms with Crippen molar-refractivity contribution in [3.8, 4) is 0 Å². The topological polar surface area (TPSA) is 30.2 Å². The summed E-state index contributed by atoms with van der Waals surface area (Å²) in [6.07, 6.45) is 2.55. The van der Waals surface area contributed by atoms with Gasteiger partial charge >= 0.3 is 0 Å². The van der Waals surface area contributed by atoms with Gasteiger partial charge in [-0.05, 0) is 25.3 Å². The van der Waals surface area contributed by atoms with Crippen molar-refractivity contribution in [3.05, 3.63) is 23.7 Å². The molecule has 0 fully saturated rings. The maximum atomic E-state index is 11.3. The van der Waals surface area contributed by atoms with Crippen LogP contribution in [0.3, 0.4) is 0 Å². The molecule has 1 heterocycles. The summed E-state index contributed by atoms with van der Waals surface area (Å²) in [7, 11) is 0. The number of hydrogen-bond donors (Lipinski definition) is 0. The van der Waals surface area contributed by atoms with Gasteiger partial charge in [0.1, 0.15) is 5.76 Å². The van der Waals surface area contributed by atoms with Gasteiger partial charge < -0.3 is 4.42 Å². The first-order valence-corrected chi connectivity index (χ1v) is 5.22. The Morgan fingerprint density at radius 3 is 2.83 bits per heavy atom. The second-order valence-electron chi connectivity index (χ2n) is 2.58. The molecule has 0 saturated heterocycles. The SMILES string of the molecule is CSCCC(=O)c1ccc(C)o1. The maximum Gasteiger partial charge on any atom is 0.198 e. The number of hydrogen-bond acceptors (Lipinski definition) is 3. The quantitative estimate of drug-likeness (QED) is 0.673. The first kappa shape index (κ1) is 9.39. The highest BCUT2D eigenvalue weighted by atomic mass is 32.2. The van der Waals surface area contributed by atoms with Gasteiger partial charge in [-0.3, -0.25) is 4.79 Å². The molecule has 2 nitrogen and oxygen atoms in total. The molecule has 0 aromatic carbocycles. The summed E-state index contributed by atoms with van der Waals surface area (Å²) in [4.78, 5) is 11.3. The van der Waals surface area contributed by atoms with Gasteiger partial charge in [-0.15, -0.1) is 0 Å². The lowest BCUT2D eigenvalue weighted by Crippen LogP contribution is -1.97. The van der Waals surface area contributed by atoms with E-state index in [9.17, 15) is 4.79 Å². The third kappa shape index (κ3) is 2.41. The molecule has 66 valence electrons. The van der Waals surface area contributed by atoms with E-state index in [2.05, 4.69) is 0 Å². The van der Waals surface area contributed by atoms with Gasteiger partial charge in [0.2, 0.25) is 0 Å². The average Bonchev–Trinajstić information content (AvgIpc) is 2.47. The number of carbonyl (C=O) groups excluding carboxylic acids is 1. The molecule has 0 aliphatic heterocycles. The first-order chi connectivity index (χ1) is 5.74. The summed E-state index contributed by atoms with van der Waals surface area (Å²) in [5.41, 5.74) is 0. The average molecular weight is 184 g/mol. The van der Waals surface area contributed by atoms with E-state index in [0.717, 1.165) is 11.5 Å².